The van der Waals surface area contributed by atoms with E-state index in [0.717, 1.165) is 0 Å². The standard InChI is InChI=1S/C18H20FNO5/c1-4-25-16(22)10-20-11(2)17(18(23)24-3)13(9-15(20)21)12-7-5-6-8-14(12)19/h5-8,13H,4,9-10H2,1-3H3. The lowest BCUT2D eigenvalue weighted by molar-refractivity contribution is -0.148. The Morgan fingerprint density at radius 1 is 1.32 bits per heavy atom. The molecule has 1 amide bonds. The van der Waals surface area contributed by atoms with Gasteiger partial charge in [0, 0.05) is 18.0 Å². The first-order valence-electron chi connectivity index (χ1n) is 7.90. The Labute approximate surface area is 145 Å². The van der Waals surface area contributed by atoms with Crippen molar-refractivity contribution in [3.8, 4) is 0 Å². The van der Waals surface area contributed by atoms with Crippen LogP contribution in [0.5, 0.6) is 0 Å². The molecule has 25 heavy (non-hydrogen) atoms. The van der Waals surface area contributed by atoms with Gasteiger partial charge in [0.15, 0.2) is 0 Å². The number of allylic oxidation sites excluding steroid dienone is 1. The molecule has 1 heterocycles. The van der Waals surface area contributed by atoms with E-state index in [4.69, 9.17) is 9.47 Å². The second kappa shape index (κ2) is 7.92. The molecule has 1 aliphatic rings. The highest BCUT2D eigenvalue weighted by atomic mass is 19.1. The quantitative estimate of drug-likeness (QED) is 0.762. The molecule has 1 aromatic carbocycles. The minimum Gasteiger partial charge on any atom is -0.466 e. The first-order chi connectivity index (χ1) is 11.9. The summed E-state index contributed by atoms with van der Waals surface area (Å²) in [5, 5.41) is 0. The maximum Gasteiger partial charge on any atom is 0.336 e. The van der Waals surface area contributed by atoms with Crippen molar-refractivity contribution in [2.45, 2.75) is 26.2 Å². The van der Waals surface area contributed by atoms with Crippen LogP contribution in [0, 0.1) is 5.82 Å². The largest absolute Gasteiger partial charge is 0.466 e. The second-order valence-electron chi connectivity index (χ2n) is 5.55. The van der Waals surface area contributed by atoms with E-state index >= 15 is 0 Å². The number of hydrogen-bond donors (Lipinski definition) is 0. The van der Waals surface area contributed by atoms with Crippen molar-refractivity contribution in [1.82, 2.24) is 4.90 Å². The molecule has 7 heteroatoms. The Bertz CT molecular complexity index is 728. The van der Waals surface area contributed by atoms with Crippen LogP contribution in [0.4, 0.5) is 4.39 Å². The molecule has 134 valence electrons. The first-order valence-corrected chi connectivity index (χ1v) is 7.90. The van der Waals surface area contributed by atoms with Gasteiger partial charge in [-0.05, 0) is 25.5 Å². The molecular weight excluding hydrogens is 329 g/mol. The summed E-state index contributed by atoms with van der Waals surface area (Å²) >= 11 is 0. The van der Waals surface area contributed by atoms with Gasteiger partial charge in [-0.15, -0.1) is 0 Å². The van der Waals surface area contributed by atoms with Gasteiger partial charge in [0.1, 0.15) is 12.4 Å². The zero-order valence-corrected chi connectivity index (χ0v) is 14.4. The number of carbonyl (C=O) groups is 3. The van der Waals surface area contributed by atoms with Crippen LogP contribution < -0.4 is 0 Å². The zero-order valence-electron chi connectivity index (χ0n) is 14.4. The molecule has 0 fully saturated rings. The van der Waals surface area contributed by atoms with Crippen LogP contribution in [0.1, 0.15) is 31.7 Å². The van der Waals surface area contributed by atoms with E-state index < -0.39 is 23.7 Å². The van der Waals surface area contributed by atoms with E-state index in [1.165, 1.54) is 37.1 Å². The van der Waals surface area contributed by atoms with Gasteiger partial charge in [0.25, 0.3) is 0 Å². The van der Waals surface area contributed by atoms with E-state index in [2.05, 4.69) is 0 Å². The predicted molar refractivity (Wildman–Crippen MR) is 86.8 cm³/mol. The van der Waals surface area contributed by atoms with Crippen molar-refractivity contribution >= 4 is 17.8 Å². The Hall–Kier alpha value is -2.70. The van der Waals surface area contributed by atoms with E-state index in [0.29, 0.717) is 0 Å². The number of carbonyl (C=O) groups excluding carboxylic acids is 3. The Kier molecular flexibility index (Phi) is 5.90. The summed E-state index contributed by atoms with van der Waals surface area (Å²) < 4.78 is 23.9. The molecule has 1 unspecified atom stereocenters. The highest BCUT2D eigenvalue weighted by molar-refractivity contribution is 5.96. The zero-order chi connectivity index (χ0) is 18.6. The van der Waals surface area contributed by atoms with E-state index in [1.807, 2.05) is 0 Å². The fourth-order valence-electron chi connectivity index (χ4n) is 2.94. The number of methoxy groups -OCH3 is 1. The molecule has 0 N–H and O–H groups in total. The van der Waals surface area contributed by atoms with Crippen LogP contribution >= 0.6 is 0 Å². The van der Waals surface area contributed by atoms with Crippen molar-refractivity contribution < 1.29 is 28.2 Å². The number of nitrogens with zero attached hydrogens (tertiary/aromatic N) is 1. The lowest BCUT2D eigenvalue weighted by Crippen LogP contribution is -2.41. The molecule has 0 bridgehead atoms. The predicted octanol–water partition coefficient (Wildman–Crippen LogP) is 2.15. The lowest BCUT2D eigenvalue weighted by Gasteiger charge is -2.33. The van der Waals surface area contributed by atoms with Crippen LogP contribution in [0.2, 0.25) is 0 Å². The molecule has 2 rings (SSSR count). The van der Waals surface area contributed by atoms with Crippen LogP contribution in [0.25, 0.3) is 0 Å². The minimum atomic E-state index is -0.764. The fraction of sp³-hybridized carbons (Fsp3) is 0.389. The second-order valence-corrected chi connectivity index (χ2v) is 5.55. The van der Waals surface area contributed by atoms with Crippen molar-refractivity contribution in [3.63, 3.8) is 0 Å². The fourth-order valence-corrected chi connectivity index (χ4v) is 2.94. The molecule has 1 aromatic rings. The summed E-state index contributed by atoms with van der Waals surface area (Å²) in [6, 6.07) is 5.97. The van der Waals surface area contributed by atoms with Crippen molar-refractivity contribution in [1.29, 1.82) is 0 Å². The molecular formula is C18H20FNO5. The summed E-state index contributed by atoms with van der Waals surface area (Å²) in [5.74, 6) is -2.89. The smallest absolute Gasteiger partial charge is 0.336 e. The number of hydrogen-bond acceptors (Lipinski definition) is 5. The SMILES string of the molecule is CCOC(=O)CN1C(=O)CC(c2ccccc2F)C(C(=O)OC)=C1C. The summed E-state index contributed by atoms with van der Waals surface area (Å²) in [4.78, 5) is 37.7. The maximum absolute atomic E-state index is 14.2. The van der Waals surface area contributed by atoms with Crippen molar-refractivity contribution in [2.75, 3.05) is 20.3 Å². The third-order valence-electron chi connectivity index (χ3n) is 4.10. The van der Waals surface area contributed by atoms with Gasteiger partial charge < -0.3 is 14.4 Å². The Balaban J connectivity index is 2.48. The molecule has 0 spiro atoms. The van der Waals surface area contributed by atoms with Crippen LogP contribution in [0.15, 0.2) is 35.5 Å². The third-order valence-corrected chi connectivity index (χ3v) is 4.10. The molecule has 0 radical (unpaired) electrons. The highest BCUT2D eigenvalue weighted by Crippen LogP contribution is 2.37. The minimum absolute atomic E-state index is 0.137. The molecule has 0 saturated heterocycles. The number of rotatable bonds is 5. The van der Waals surface area contributed by atoms with E-state index in [9.17, 15) is 18.8 Å². The summed E-state index contributed by atoms with van der Waals surface area (Å²) in [5.41, 5.74) is 0.673. The molecule has 1 aliphatic heterocycles. The van der Waals surface area contributed by atoms with Gasteiger partial charge in [-0.3, -0.25) is 9.59 Å². The average molecular weight is 349 g/mol. The van der Waals surface area contributed by atoms with Gasteiger partial charge in [-0.2, -0.15) is 0 Å². The number of ether oxygens (including phenoxy) is 2. The molecule has 1 atom stereocenters. The summed E-state index contributed by atoms with van der Waals surface area (Å²) in [7, 11) is 1.22. The van der Waals surface area contributed by atoms with Crippen molar-refractivity contribution in [3.05, 3.63) is 46.9 Å². The van der Waals surface area contributed by atoms with Gasteiger partial charge in [-0.1, -0.05) is 18.2 Å². The molecule has 0 aromatic heterocycles. The first kappa shape index (κ1) is 18.6. The lowest BCUT2D eigenvalue weighted by atomic mass is 9.83. The van der Waals surface area contributed by atoms with Gasteiger partial charge in [0.2, 0.25) is 5.91 Å². The van der Waals surface area contributed by atoms with Gasteiger partial charge >= 0.3 is 11.9 Å². The number of amides is 1. The summed E-state index contributed by atoms with van der Waals surface area (Å²) in [6.07, 6.45) is -0.137. The monoisotopic (exact) mass is 349 g/mol. The number of esters is 2. The third kappa shape index (κ3) is 3.87. The Morgan fingerprint density at radius 3 is 2.60 bits per heavy atom. The molecule has 0 aliphatic carbocycles. The average Bonchev–Trinajstić information content (AvgIpc) is 2.58. The van der Waals surface area contributed by atoms with E-state index in [1.54, 1.807) is 13.0 Å². The number of halogens is 1. The maximum atomic E-state index is 14.2. The normalized spacial score (nSPS) is 17.5. The summed E-state index contributed by atoms with van der Waals surface area (Å²) in [6.45, 7) is 3.08. The topological polar surface area (TPSA) is 72.9 Å². The van der Waals surface area contributed by atoms with E-state index in [-0.39, 0.29) is 42.3 Å². The van der Waals surface area contributed by atoms with Crippen molar-refractivity contribution in [2.24, 2.45) is 0 Å². The van der Waals surface area contributed by atoms with Gasteiger partial charge in [0.05, 0.1) is 19.3 Å². The number of benzene rings is 1. The van der Waals surface area contributed by atoms with Crippen LogP contribution in [-0.4, -0.2) is 43.0 Å². The van der Waals surface area contributed by atoms with Crippen LogP contribution in [-0.2, 0) is 23.9 Å². The van der Waals surface area contributed by atoms with Gasteiger partial charge in [-0.25, -0.2) is 9.18 Å². The Morgan fingerprint density at radius 2 is 2.00 bits per heavy atom. The van der Waals surface area contributed by atoms with Crippen LogP contribution in [0.3, 0.4) is 0 Å². The molecule has 0 saturated carbocycles. The molecule has 6 nitrogen and oxygen atoms in total. The highest BCUT2D eigenvalue weighted by Gasteiger charge is 2.38.